The van der Waals surface area contributed by atoms with E-state index in [1.807, 2.05) is 66.7 Å². The number of ether oxygens (including phenoxy) is 2. The molecule has 0 amide bonds. The van der Waals surface area contributed by atoms with Crippen molar-refractivity contribution in [3.63, 3.8) is 0 Å². The molecule has 6 rings (SSSR count). The molecule has 66 heavy (non-hydrogen) atoms. The molecule has 2 saturated heterocycles. The van der Waals surface area contributed by atoms with Crippen LogP contribution in [0.4, 0.5) is 0 Å². The van der Waals surface area contributed by atoms with Gasteiger partial charge in [-0.2, -0.15) is 10.5 Å². The maximum Gasteiger partial charge on any atom is 0.475 e. The van der Waals surface area contributed by atoms with Crippen molar-refractivity contribution in [2.75, 3.05) is 26.4 Å². The molecule has 0 spiro atoms. The topological polar surface area (TPSA) is 286 Å². The summed E-state index contributed by atoms with van der Waals surface area (Å²) in [5.41, 5.74) is -2.51. The van der Waals surface area contributed by atoms with Gasteiger partial charge in [0.1, 0.15) is 36.9 Å². The SMILES string of the molecule is Cc1cn([C@H]2C[C@H](OP(=O)(O)OCCC#N)[C@@H](COP(=O)(OCCC#N)O[C@H]3C[C@H](n4cc(C)c(=O)[nH]c4=O)O[C@@H]3CO[Si](c3ccccc3)(c3ccccc3)C(C)(C)C)O2)c(=O)[nH]c1=O. The van der Waals surface area contributed by atoms with Gasteiger partial charge in [0.15, 0.2) is 0 Å². The van der Waals surface area contributed by atoms with Gasteiger partial charge in [-0.1, -0.05) is 81.4 Å². The van der Waals surface area contributed by atoms with E-state index in [0.717, 1.165) is 14.9 Å². The number of aromatic nitrogens is 4. The number of nitriles is 2. The molecular weight excluding hydrogens is 919 g/mol. The second kappa shape index (κ2) is 21.4. The Morgan fingerprint density at radius 2 is 1.18 bits per heavy atom. The number of hydrogen-bond donors (Lipinski definition) is 3. The fourth-order valence-electron chi connectivity index (χ4n) is 7.87. The molecule has 2 fully saturated rings. The monoisotopic (exact) mass is 970 g/mol. The molecule has 0 bridgehead atoms. The summed E-state index contributed by atoms with van der Waals surface area (Å²) in [6.07, 6.45) is -5.69. The smallest absolute Gasteiger partial charge is 0.405 e. The summed E-state index contributed by atoms with van der Waals surface area (Å²) in [4.78, 5) is 65.6. The van der Waals surface area contributed by atoms with Gasteiger partial charge in [0.05, 0.1) is 51.4 Å². The molecule has 2 aliphatic heterocycles. The highest BCUT2D eigenvalue weighted by molar-refractivity contribution is 7.48. The summed E-state index contributed by atoms with van der Waals surface area (Å²) in [6, 6.07) is 23.2. The summed E-state index contributed by atoms with van der Waals surface area (Å²) in [5.74, 6) is 0. The van der Waals surface area contributed by atoms with Crippen molar-refractivity contribution in [2.24, 2.45) is 0 Å². The fourth-order valence-corrected chi connectivity index (χ4v) is 14.8. The van der Waals surface area contributed by atoms with Gasteiger partial charge in [-0.25, -0.2) is 18.7 Å². The van der Waals surface area contributed by atoms with Crippen molar-refractivity contribution < 1.29 is 50.5 Å². The van der Waals surface area contributed by atoms with Crippen LogP contribution in [0.2, 0.25) is 5.04 Å². The third-order valence-electron chi connectivity index (χ3n) is 11.0. The van der Waals surface area contributed by atoms with E-state index in [1.165, 1.54) is 30.8 Å². The van der Waals surface area contributed by atoms with Gasteiger partial charge in [0.25, 0.3) is 19.4 Å². The molecule has 2 aromatic heterocycles. The van der Waals surface area contributed by atoms with E-state index in [0.29, 0.717) is 0 Å². The first-order valence-electron chi connectivity index (χ1n) is 21.0. The number of nitrogens with zero attached hydrogens (tertiary/aromatic N) is 4. The van der Waals surface area contributed by atoms with E-state index in [-0.39, 0.29) is 43.4 Å². The van der Waals surface area contributed by atoms with Crippen molar-refractivity contribution in [2.45, 2.75) is 102 Å². The van der Waals surface area contributed by atoms with Crippen LogP contribution in [0, 0.1) is 36.5 Å². The molecule has 21 nitrogen and oxygen atoms in total. The summed E-state index contributed by atoms with van der Waals surface area (Å²) in [6.45, 7) is 7.42. The summed E-state index contributed by atoms with van der Waals surface area (Å²) in [7, 11) is -13.0. The summed E-state index contributed by atoms with van der Waals surface area (Å²) >= 11 is 0. The third-order valence-corrected chi connectivity index (χ3v) is 18.6. The zero-order valence-electron chi connectivity index (χ0n) is 36.9. The molecule has 354 valence electrons. The maximum atomic E-state index is 14.9. The molecule has 8 atom stereocenters. The molecule has 3 N–H and O–H groups in total. The normalized spacial score (nSPS) is 22.8. The first-order valence-corrected chi connectivity index (χ1v) is 25.8. The highest BCUT2D eigenvalue weighted by Crippen LogP contribution is 2.55. The van der Waals surface area contributed by atoms with Gasteiger partial charge in [-0.05, 0) is 29.3 Å². The van der Waals surface area contributed by atoms with Crippen LogP contribution in [0.1, 0.15) is 70.0 Å². The lowest BCUT2D eigenvalue weighted by Gasteiger charge is -2.43. The molecule has 24 heteroatoms. The Balaban J connectivity index is 1.34. The van der Waals surface area contributed by atoms with Gasteiger partial charge < -0.3 is 18.8 Å². The zero-order chi connectivity index (χ0) is 47.9. The first-order chi connectivity index (χ1) is 31.3. The number of nitrogens with one attached hydrogen (secondary N) is 2. The number of aromatic amines is 2. The van der Waals surface area contributed by atoms with E-state index in [9.17, 15) is 38.5 Å². The lowest BCUT2D eigenvalue weighted by atomic mass is 10.2. The second-order valence-electron chi connectivity index (χ2n) is 16.6. The highest BCUT2D eigenvalue weighted by Gasteiger charge is 2.52. The van der Waals surface area contributed by atoms with E-state index in [1.54, 1.807) is 6.07 Å². The average Bonchev–Trinajstić information content (AvgIpc) is 3.85. The van der Waals surface area contributed by atoms with Gasteiger partial charge in [-0.15, -0.1) is 0 Å². The van der Waals surface area contributed by atoms with E-state index in [4.69, 9.17) is 41.8 Å². The summed E-state index contributed by atoms with van der Waals surface area (Å²) in [5, 5.41) is 19.7. The molecule has 2 aromatic carbocycles. The van der Waals surface area contributed by atoms with Crippen molar-refractivity contribution in [3.05, 3.63) is 126 Å². The molecule has 0 aliphatic carbocycles. The molecule has 2 aliphatic rings. The van der Waals surface area contributed by atoms with E-state index >= 15 is 0 Å². The van der Waals surface area contributed by atoms with Crippen LogP contribution in [0.15, 0.2) is 92.2 Å². The highest BCUT2D eigenvalue weighted by atomic mass is 31.2. The van der Waals surface area contributed by atoms with Gasteiger partial charge >= 0.3 is 27.0 Å². The quantitative estimate of drug-likeness (QED) is 0.0646. The molecular formula is C42H52N6O15P2Si. The second-order valence-corrected chi connectivity index (χ2v) is 24.0. The van der Waals surface area contributed by atoms with Gasteiger partial charge in [0, 0.05) is 36.4 Å². The largest absolute Gasteiger partial charge is 0.475 e. The van der Waals surface area contributed by atoms with Crippen LogP contribution < -0.4 is 32.9 Å². The number of phosphoric acid groups is 2. The number of rotatable bonds is 20. The Hall–Kier alpha value is -4.90. The average molecular weight is 971 g/mol. The fraction of sp³-hybridized carbons (Fsp3) is 0.476. The molecule has 4 heterocycles. The van der Waals surface area contributed by atoms with Crippen molar-refractivity contribution >= 4 is 34.3 Å². The Bertz CT molecular complexity index is 2710. The van der Waals surface area contributed by atoms with Crippen LogP contribution in [-0.4, -0.2) is 83.2 Å². The number of aryl methyl sites for hydroxylation is 2. The number of H-pyrrole nitrogens is 2. The van der Waals surface area contributed by atoms with E-state index < -0.39 is 108 Å². The van der Waals surface area contributed by atoms with Crippen LogP contribution in [0.3, 0.4) is 0 Å². The van der Waals surface area contributed by atoms with Crippen molar-refractivity contribution in [1.82, 2.24) is 19.1 Å². The van der Waals surface area contributed by atoms with Gasteiger partial charge in [0.2, 0.25) is 0 Å². The minimum Gasteiger partial charge on any atom is -0.405 e. The summed E-state index contributed by atoms with van der Waals surface area (Å²) < 4.78 is 78.1. The van der Waals surface area contributed by atoms with E-state index in [2.05, 4.69) is 30.7 Å². The van der Waals surface area contributed by atoms with Crippen molar-refractivity contribution in [3.8, 4) is 12.1 Å². The maximum absolute atomic E-state index is 14.9. The molecule has 0 saturated carbocycles. The Morgan fingerprint density at radius 1 is 0.727 bits per heavy atom. The van der Waals surface area contributed by atoms with Crippen LogP contribution in [-0.2, 0) is 45.6 Å². The Kier molecular flexibility index (Phi) is 16.4. The van der Waals surface area contributed by atoms with Gasteiger partial charge in [-0.3, -0.25) is 51.3 Å². The predicted molar refractivity (Wildman–Crippen MR) is 238 cm³/mol. The minimum atomic E-state index is -4.88. The molecule has 2 unspecified atom stereocenters. The standard InChI is InChI=1S/C42H52N6O15P2Si/c1-28-24-47(40(51)45-38(28)49)36-22-32(62-64(53,54)56-20-12-18-43)34(60-36)26-58-65(55,57-21-13-19-44)63-33-23-37(48-25-29(2)39(50)46-41(48)52)61-35(33)27-59-66(42(3,4)5,30-14-8-6-9-15-30)31-16-10-7-11-17-31/h6-11,14-17,24-25,32-37H,12-13,20-23,26-27H2,1-5H3,(H,53,54)(H,45,49,51)(H,46,50,52)/t32-,33-,34+,35+,36+,37+,65?/m0/s1. The van der Waals surface area contributed by atoms with Crippen molar-refractivity contribution in [1.29, 1.82) is 10.5 Å². The van der Waals surface area contributed by atoms with Crippen LogP contribution in [0.5, 0.6) is 0 Å². The first kappa shape index (κ1) is 50.5. The van der Waals surface area contributed by atoms with Crippen LogP contribution in [0.25, 0.3) is 0 Å². The predicted octanol–water partition coefficient (Wildman–Crippen LogP) is 3.71. The Morgan fingerprint density at radius 3 is 1.65 bits per heavy atom. The minimum absolute atomic E-state index is 0.148. The zero-order valence-corrected chi connectivity index (χ0v) is 39.7. The molecule has 0 radical (unpaired) electrons. The van der Waals surface area contributed by atoms with Crippen LogP contribution >= 0.6 is 15.6 Å². The number of hydrogen-bond acceptors (Lipinski definition) is 16. The number of benzene rings is 2. The number of phosphoric ester groups is 2. The Labute approximate surface area is 380 Å². The third kappa shape index (κ3) is 11.8. The molecule has 4 aromatic rings. The lowest BCUT2D eigenvalue weighted by molar-refractivity contribution is -0.0587. The lowest BCUT2D eigenvalue weighted by Crippen LogP contribution is -2.67.